The van der Waals surface area contributed by atoms with Crippen molar-refractivity contribution in [2.45, 2.75) is 13.5 Å². The summed E-state index contributed by atoms with van der Waals surface area (Å²) < 4.78 is 9.68. The molecule has 0 fully saturated rings. The van der Waals surface area contributed by atoms with Gasteiger partial charge in [-0.05, 0) is 42.8 Å². The Morgan fingerprint density at radius 2 is 1.74 bits per heavy atom. The summed E-state index contributed by atoms with van der Waals surface area (Å²) in [4.78, 5) is 44.0. The highest BCUT2D eigenvalue weighted by Crippen LogP contribution is 2.18. The van der Waals surface area contributed by atoms with Crippen LogP contribution in [0.25, 0.3) is 0 Å². The van der Waals surface area contributed by atoms with E-state index in [1.165, 1.54) is 42.9 Å². The van der Waals surface area contributed by atoms with E-state index in [4.69, 9.17) is 9.47 Å². The summed E-state index contributed by atoms with van der Waals surface area (Å²) in [7, 11) is 0. The van der Waals surface area contributed by atoms with Crippen molar-refractivity contribution in [1.29, 1.82) is 0 Å². The third-order valence-corrected chi connectivity index (χ3v) is 4.08. The van der Waals surface area contributed by atoms with Gasteiger partial charge in [0.2, 0.25) is 0 Å². The quantitative estimate of drug-likeness (QED) is 0.445. The van der Waals surface area contributed by atoms with Gasteiger partial charge in [0, 0.05) is 30.2 Å². The molecule has 0 atom stereocenters. The molecule has 9 heteroatoms. The summed E-state index contributed by atoms with van der Waals surface area (Å²) in [6, 6.07) is 13.2. The van der Waals surface area contributed by atoms with Gasteiger partial charge < -0.3 is 20.1 Å². The molecule has 0 radical (unpaired) electrons. The number of para-hydroxylation sites is 1. The van der Waals surface area contributed by atoms with Crippen molar-refractivity contribution in [3.8, 4) is 5.75 Å². The molecular weight excluding hydrogens is 400 g/mol. The minimum absolute atomic E-state index is 0.193. The second kappa shape index (κ2) is 10.5. The zero-order valence-electron chi connectivity index (χ0n) is 16.7. The lowest BCUT2D eigenvalue weighted by molar-refractivity contribution is 0.0944. The molecule has 1 aromatic heterocycles. The molecule has 0 saturated carbocycles. The van der Waals surface area contributed by atoms with Gasteiger partial charge in [0.05, 0.1) is 12.8 Å². The molecule has 9 nitrogen and oxygen atoms in total. The van der Waals surface area contributed by atoms with Crippen molar-refractivity contribution in [2.75, 3.05) is 11.9 Å². The number of carbonyl (C=O) groups excluding carboxylic acids is 3. The van der Waals surface area contributed by atoms with Crippen LogP contribution in [0.5, 0.6) is 5.75 Å². The molecule has 2 aromatic carbocycles. The van der Waals surface area contributed by atoms with E-state index in [1.807, 2.05) is 0 Å². The fourth-order valence-corrected chi connectivity index (χ4v) is 2.59. The van der Waals surface area contributed by atoms with Gasteiger partial charge in [-0.15, -0.1) is 0 Å². The fraction of sp³-hybridized carbons (Fsp3) is 0.136. The van der Waals surface area contributed by atoms with Crippen LogP contribution in [0.3, 0.4) is 0 Å². The second-order valence-electron chi connectivity index (χ2n) is 6.19. The van der Waals surface area contributed by atoms with Crippen LogP contribution in [0.15, 0.2) is 67.1 Å². The number of nitrogens with zero attached hydrogens (tertiary/aromatic N) is 2. The van der Waals surface area contributed by atoms with Gasteiger partial charge in [-0.2, -0.15) is 0 Å². The highest BCUT2D eigenvalue weighted by atomic mass is 16.7. The van der Waals surface area contributed by atoms with E-state index in [0.29, 0.717) is 11.3 Å². The Hall–Kier alpha value is -4.27. The minimum Gasteiger partial charge on any atom is -0.434 e. The first kappa shape index (κ1) is 21.4. The average molecular weight is 420 g/mol. The van der Waals surface area contributed by atoms with E-state index in [-0.39, 0.29) is 36.4 Å². The number of aromatic nitrogens is 2. The number of anilines is 1. The average Bonchev–Trinajstić information content (AvgIpc) is 2.79. The molecule has 0 unspecified atom stereocenters. The summed E-state index contributed by atoms with van der Waals surface area (Å²) in [6.07, 6.45) is 3.49. The molecule has 2 amide bonds. The van der Waals surface area contributed by atoms with Crippen molar-refractivity contribution < 1.29 is 23.9 Å². The number of carbonyl (C=O) groups is 3. The molecule has 0 bridgehead atoms. The summed E-state index contributed by atoms with van der Waals surface area (Å²) >= 11 is 0. The molecule has 1 heterocycles. The lowest BCUT2D eigenvalue weighted by Gasteiger charge is -2.12. The number of rotatable bonds is 7. The van der Waals surface area contributed by atoms with Crippen molar-refractivity contribution in [1.82, 2.24) is 15.3 Å². The number of ether oxygens (including phenoxy) is 2. The van der Waals surface area contributed by atoms with Gasteiger partial charge in [-0.1, -0.05) is 18.2 Å². The van der Waals surface area contributed by atoms with Crippen LogP contribution < -0.4 is 15.4 Å². The predicted molar refractivity (Wildman–Crippen MR) is 112 cm³/mol. The molecule has 3 rings (SSSR count). The molecule has 0 aliphatic heterocycles. The molecule has 158 valence electrons. The maximum Gasteiger partial charge on any atom is 0.513 e. The molecule has 0 spiro atoms. The van der Waals surface area contributed by atoms with E-state index in [1.54, 1.807) is 31.2 Å². The Kier molecular flexibility index (Phi) is 7.26. The number of amides is 2. The monoisotopic (exact) mass is 420 g/mol. The number of benzene rings is 2. The first-order valence-electron chi connectivity index (χ1n) is 9.45. The summed E-state index contributed by atoms with van der Waals surface area (Å²) in [5, 5.41) is 5.57. The van der Waals surface area contributed by atoms with Gasteiger partial charge in [-0.3, -0.25) is 14.6 Å². The highest BCUT2D eigenvalue weighted by Gasteiger charge is 2.12. The predicted octanol–water partition coefficient (Wildman–Crippen LogP) is 3.19. The number of hydrogen-bond acceptors (Lipinski definition) is 7. The van der Waals surface area contributed by atoms with Gasteiger partial charge in [0.1, 0.15) is 11.4 Å². The van der Waals surface area contributed by atoms with Gasteiger partial charge in [-0.25, -0.2) is 9.78 Å². The van der Waals surface area contributed by atoms with Crippen LogP contribution in [0, 0.1) is 0 Å². The van der Waals surface area contributed by atoms with E-state index in [0.717, 1.165) is 5.56 Å². The molecule has 3 aromatic rings. The van der Waals surface area contributed by atoms with Gasteiger partial charge >= 0.3 is 6.16 Å². The zero-order valence-corrected chi connectivity index (χ0v) is 16.7. The lowest BCUT2D eigenvalue weighted by Crippen LogP contribution is -2.24. The van der Waals surface area contributed by atoms with Crippen LogP contribution >= 0.6 is 0 Å². The topological polar surface area (TPSA) is 120 Å². The van der Waals surface area contributed by atoms with Crippen LogP contribution in [0.1, 0.15) is 33.3 Å². The fourth-order valence-electron chi connectivity index (χ4n) is 2.59. The Morgan fingerprint density at radius 1 is 0.968 bits per heavy atom. The van der Waals surface area contributed by atoms with Crippen LogP contribution in [-0.4, -0.2) is 34.5 Å². The van der Waals surface area contributed by atoms with Crippen LogP contribution in [0.2, 0.25) is 0 Å². The van der Waals surface area contributed by atoms with Gasteiger partial charge in [0.15, 0.2) is 0 Å². The largest absolute Gasteiger partial charge is 0.513 e. The maximum absolute atomic E-state index is 12.6. The van der Waals surface area contributed by atoms with Crippen molar-refractivity contribution in [3.63, 3.8) is 0 Å². The van der Waals surface area contributed by atoms with Crippen molar-refractivity contribution in [3.05, 3.63) is 83.9 Å². The van der Waals surface area contributed by atoms with E-state index in [2.05, 4.69) is 20.6 Å². The molecule has 0 aliphatic rings. The number of nitrogens with one attached hydrogen (secondary N) is 2. The molecule has 2 N–H and O–H groups in total. The lowest BCUT2D eigenvalue weighted by atomic mass is 10.1. The highest BCUT2D eigenvalue weighted by molar-refractivity contribution is 6.04. The van der Waals surface area contributed by atoms with Crippen LogP contribution in [-0.2, 0) is 11.3 Å². The molecule has 31 heavy (non-hydrogen) atoms. The molecular formula is C22H20N4O5. The number of hydrogen-bond donors (Lipinski definition) is 2. The third-order valence-electron chi connectivity index (χ3n) is 4.08. The van der Waals surface area contributed by atoms with E-state index >= 15 is 0 Å². The Bertz CT molecular complexity index is 1060. The summed E-state index contributed by atoms with van der Waals surface area (Å²) in [5.74, 6) is -0.455. The summed E-state index contributed by atoms with van der Waals surface area (Å²) in [5.41, 5.74) is 1.85. The minimum atomic E-state index is -0.808. The normalized spacial score (nSPS) is 10.1. The van der Waals surface area contributed by atoms with Crippen LogP contribution in [0.4, 0.5) is 10.5 Å². The SMILES string of the molecule is CCOC(=O)Oc1ccc(C(=O)Nc2ccccc2CNC(=O)c2cnccn2)cc1. The summed E-state index contributed by atoms with van der Waals surface area (Å²) in [6.45, 7) is 2.07. The van der Waals surface area contributed by atoms with E-state index < -0.39 is 6.16 Å². The Balaban J connectivity index is 1.63. The second-order valence-corrected chi connectivity index (χ2v) is 6.19. The van der Waals surface area contributed by atoms with Crippen molar-refractivity contribution >= 4 is 23.7 Å². The third kappa shape index (κ3) is 6.10. The first-order chi connectivity index (χ1) is 15.1. The molecule has 0 aliphatic carbocycles. The van der Waals surface area contributed by atoms with Crippen molar-refractivity contribution in [2.24, 2.45) is 0 Å². The van der Waals surface area contributed by atoms with E-state index in [9.17, 15) is 14.4 Å². The maximum atomic E-state index is 12.6. The smallest absolute Gasteiger partial charge is 0.434 e. The Labute approximate surface area is 178 Å². The van der Waals surface area contributed by atoms with Gasteiger partial charge in [0.25, 0.3) is 11.8 Å². The zero-order chi connectivity index (χ0) is 22.1. The first-order valence-corrected chi connectivity index (χ1v) is 9.45. The standard InChI is InChI=1S/C22H20N4O5/c1-2-30-22(29)31-17-9-7-15(8-10-17)20(27)26-18-6-4-3-5-16(18)13-25-21(28)19-14-23-11-12-24-19/h3-12,14H,2,13H2,1H3,(H,25,28)(H,26,27). The Morgan fingerprint density at radius 3 is 2.45 bits per heavy atom. The molecule has 0 saturated heterocycles.